The molecule has 0 fully saturated rings. The molecule has 1 aromatic heterocycles. The van der Waals surface area contributed by atoms with Crippen LogP contribution in [0, 0.1) is 0 Å². The lowest BCUT2D eigenvalue weighted by Crippen LogP contribution is -2.16. The second-order valence-electron chi connectivity index (χ2n) is 5.01. The Labute approximate surface area is 121 Å². The van der Waals surface area contributed by atoms with Crippen LogP contribution in [-0.2, 0) is 0 Å². The number of rotatable bonds is 2. The summed E-state index contributed by atoms with van der Waals surface area (Å²) in [7, 11) is 0. The monoisotopic (exact) mass is 281 g/mol. The zero-order valence-electron chi connectivity index (χ0n) is 11.0. The van der Waals surface area contributed by atoms with Crippen LogP contribution in [0.25, 0.3) is 10.9 Å². The van der Waals surface area contributed by atoms with Gasteiger partial charge in [0.1, 0.15) is 0 Å². The van der Waals surface area contributed by atoms with Gasteiger partial charge < -0.3 is 5.32 Å². The number of anilines is 1. The normalized spacial score (nSPS) is 17.9. The third-order valence-corrected chi connectivity index (χ3v) is 4.89. The molecule has 2 N–H and O–H groups in total. The maximum Gasteiger partial charge on any atom is 0.0881 e. The van der Waals surface area contributed by atoms with Gasteiger partial charge in [-0.15, -0.1) is 11.8 Å². The summed E-state index contributed by atoms with van der Waals surface area (Å²) in [6.07, 6.45) is 3.01. The Balaban J connectivity index is 1.72. The van der Waals surface area contributed by atoms with Crippen LogP contribution in [0.5, 0.6) is 0 Å². The number of para-hydroxylation sites is 1. The van der Waals surface area contributed by atoms with E-state index in [0.717, 1.165) is 28.8 Å². The molecule has 0 bridgehead atoms. The third-order valence-electron chi connectivity index (χ3n) is 3.76. The average molecular weight is 281 g/mol. The van der Waals surface area contributed by atoms with E-state index < -0.39 is 0 Å². The lowest BCUT2D eigenvalue weighted by atomic mass is 10.0. The quantitative estimate of drug-likeness (QED) is 0.739. The van der Waals surface area contributed by atoms with E-state index in [-0.39, 0.29) is 0 Å². The van der Waals surface area contributed by atoms with E-state index in [1.165, 1.54) is 10.5 Å². The van der Waals surface area contributed by atoms with Crippen LogP contribution < -0.4 is 5.32 Å². The van der Waals surface area contributed by atoms with Gasteiger partial charge in [-0.25, -0.2) is 0 Å². The summed E-state index contributed by atoms with van der Waals surface area (Å²) >= 11 is 1.95. The van der Waals surface area contributed by atoms with Gasteiger partial charge in [-0.3, -0.25) is 5.10 Å². The number of benzene rings is 2. The van der Waals surface area contributed by atoms with Crippen LogP contribution in [0.3, 0.4) is 0 Å². The lowest BCUT2D eigenvalue weighted by molar-refractivity contribution is 0.729. The minimum atomic E-state index is 0.376. The van der Waals surface area contributed by atoms with Crippen LogP contribution in [0.2, 0.25) is 0 Å². The molecule has 0 spiro atoms. The summed E-state index contributed by atoms with van der Waals surface area (Å²) in [5, 5.41) is 12.0. The number of H-pyrrole nitrogens is 1. The van der Waals surface area contributed by atoms with Gasteiger partial charge in [-0.1, -0.05) is 30.3 Å². The molecule has 0 amide bonds. The fourth-order valence-corrected chi connectivity index (χ4v) is 3.89. The van der Waals surface area contributed by atoms with Crippen molar-refractivity contribution in [3.8, 4) is 0 Å². The second kappa shape index (κ2) is 4.87. The maximum atomic E-state index is 4.13. The molecule has 1 unspecified atom stereocenters. The first-order valence-corrected chi connectivity index (χ1v) is 7.81. The first-order chi connectivity index (χ1) is 9.92. The molecule has 2 heterocycles. The van der Waals surface area contributed by atoms with Crippen LogP contribution in [0.4, 0.5) is 5.69 Å². The average Bonchev–Trinajstić information content (AvgIpc) is 2.97. The van der Waals surface area contributed by atoms with Crippen molar-refractivity contribution >= 4 is 28.4 Å². The summed E-state index contributed by atoms with van der Waals surface area (Å²) in [5.41, 5.74) is 3.62. The molecule has 3 aromatic rings. The number of hydrogen-bond acceptors (Lipinski definition) is 3. The predicted octanol–water partition coefficient (Wildman–Crippen LogP) is 4.21. The summed E-state index contributed by atoms with van der Waals surface area (Å²) in [6, 6.07) is 15.3. The zero-order valence-corrected chi connectivity index (χ0v) is 11.8. The second-order valence-corrected chi connectivity index (χ2v) is 6.15. The highest BCUT2D eigenvalue weighted by Crippen LogP contribution is 2.38. The van der Waals surface area contributed by atoms with Gasteiger partial charge in [-0.2, -0.15) is 5.10 Å². The molecule has 2 aromatic carbocycles. The van der Waals surface area contributed by atoms with Gasteiger partial charge in [0.05, 0.1) is 23.4 Å². The van der Waals surface area contributed by atoms with Crippen LogP contribution in [0.15, 0.2) is 53.6 Å². The van der Waals surface area contributed by atoms with Crippen LogP contribution in [0.1, 0.15) is 18.0 Å². The highest BCUT2D eigenvalue weighted by Gasteiger charge is 2.20. The molecule has 0 saturated carbocycles. The van der Waals surface area contributed by atoms with Crippen molar-refractivity contribution in [1.29, 1.82) is 0 Å². The molecule has 1 aliphatic rings. The molecule has 0 radical (unpaired) electrons. The molecule has 4 heteroatoms. The van der Waals surface area contributed by atoms with Gasteiger partial charge in [0.15, 0.2) is 0 Å². The van der Waals surface area contributed by atoms with E-state index in [9.17, 15) is 0 Å². The highest BCUT2D eigenvalue weighted by atomic mass is 32.2. The highest BCUT2D eigenvalue weighted by molar-refractivity contribution is 7.99. The summed E-state index contributed by atoms with van der Waals surface area (Å²) in [5.74, 6) is 1.16. The predicted molar refractivity (Wildman–Crippen MR) is 84.2 cm³/mol. The molecule has 100 valence electrons. The molecule has 4 rings (SSSR count). The molecular weight excluding hydrogens is 266 g/mol. The van der Waals surface area contributed by atoms with E-state index in [4.69, 9.17) is 0 Å². The summed E-state index contributed by atoms with van der Waals surface area (Å²) < 4.78 is 0. The van der Waals surface area contributed by atoms with Gasteiger partial charge in [0.25, 0.3) is 0 Å². The molecular formula is C16H15N3S. The molecule has 3 nitrogen and oxygen atoms in total. The number of nitrogens with zero attached hydrogens (tertiary/aromatic N) is 1. The van der Waals surface area contributed by atoms with Crippen molar-refractivity contribution in [2.75, 3.05) is 11.1 Å². The van der Waals surface area contributed by atoms with E-state index in [1.807, 2.05) is 18.0 Å². The number of aromatic nitrogens is 2. The number of hydrogen-bond donors (Lipinski definition) is 2. The topological polar surface area (TPSA) is 40.7 Å². The Bertz CT molecular complexity index is 750. The van der Waals surface area contributed by atoms with E-state index in [0.29, 0.717) is 6.04 Å². The molecule has 20 heavy (non-hydrogen) atoms. The van der Waals surface area contributed by atoms with E-state index >= 15 is 0 Å². The molecule has 1 atom stereocenters. The minimum Gasteiger partial charge on any atom is -0.376 e. The van der Waals surface area contributed by atoms with Crippen molar-refractivity contribution in [3.63, 3.8) is 0 Å². The smallest absolute Gasteiger partial charge is 0.0881 e. The van der Waals surface area contributed by atoms with Crippen molar-refractivity contribution in [2.24, 2.45) is 0 Å². The Kier molecular flexibility index (Phi) is 2.89. The number of nitrogens with one attached hydrogen (secondary N) is 2. The molecule has 0 saturated heterocycles. The summed E-state index contributed by atoms with van der Waals surface area (Å²) in [6.45, 7) is 0. The van der Waals surface area contributed by atoms with Gasteiger partial charge >= 0.3 is 0 Å². The van der Waals surface area contributed by atoms with Crippen LogP contribution >= 0.6 is 11.8 Å². The number of aromatic amines is 1. The Hall–Kier alpha value is -1.94. The lowest BCUT2D eigenvalue weighted by Gasteiger charge is -2.26. The molecule has 1 aliphatic heterocycles. The Morgan fingerprint density at radius 2 is 2.10 bits per heavy atom. The summed E-state index contributed by atoms with van der Waals surface area (Å²) in [4.78, 5) is 1.40. The van der Waals surface area contributed by atoms with E-state index in [1.54, 1.807) is 0 Å². The van der Waals surface area contributed by atoms with Crippen LogP contribution in [-0.4, -0.2) is 16.0 Å². The van der Waals surface area contributed by atoms with Crippen molar-refractivity contribution in [2.45, 2.75) is 17.4 Å². The minimum absolute atomic E-state index is 0.376. The largest absolute Gasteiger partial charge is 0.376 e. The van der Waals surface area contributed by atoms with Gasteiger partial charge in [0.2, 0.25) is 0 Å². The Morgan fingerprint density at radius 3 is 3.10 bits per heavy atom. The maximum absolute atomic E-state index is 4.13. The first-order valence-electron chi connectivity index (χ1n) is 6.82. The molecule has 0 aliphatic carbocycles. The van der Waals surface area contributed by atoms with Crippen molar-refractivity contribution in [1.82, 2.24) is 10.2 Å². The number of thioether (sulfide) groups is 1. The third kappa shape index (κ3) is 1.96. The zero-order chi connectivity index (χ0) is 13.4. The SMILES string of the molecule is c1ccc2c(c1)SCCC2Nc1cccc2cn[nH]c12. The fraction of sp³-hybridized carbons (Fsp3) is 0.188. The number of fused-ring (bicyclic) bond motifs is 2. The van der Waals surface area contributed by atoms with Gasteiger partial charge in [0, 0.05) is 16.0 Å². The van der Waals surface area contributed by atoms with Crippen molar-refractivity contribution in [3.05, 3.63) is 54.2 Å². The Morgan fingerprint density at radius 1 is 1.15 bits per heavy atom. The van der Waals surface area contributed by atoms with E-state index in [2.05, 4.69) is 58.0 Å². The first kappa shape index (κ1) is 11.9. The van der Waals surface area contributed by atoms with Crippen molar-refractivity contribution < 1.29 is 0 Å². The fourth-order valence-electron chi connectivity index (χ4n) is 2.77. The standard InChI is InChI=1S/C16H15N3S/c1-2-7-15-12(5-1)13(8-9-20-15)18-14-6-3-4-11-10-17-19-16(11)14/h1-7,10,13,18H,8-9H2,(H,17,19). The van der Waals surface area contributed by atoms with Gasteiger partial charge in [-0.05, 0) is 24.1 Å².